The molecular weight excluding hydrogens is 421 g/mol. The number of amides is 2. The fraction of sp³-hybridized carbons (Fsp3) is 0.364. The van der Waals surface area contributed by atoms with Crippen LogP contribution in [-0.2, 0) is 26.2 Å². The van der Waals surface area contributed by atoms with Gasteiger partial charge in [-0.25, -0.2) is 12.8 Å². The normalized spacial score (nSPS) is 12.2. The zero-order valence-electron chi connectivity index (χ0n) is 18.3. The van der Waals surface area contributed by atoms with Gasteiger partial charge in [-0.05, 0) is 50.1 Å². The molecule has 1 atom stereocenters. The molecule has 2 aromatic rings. The third-order valence-electron chi connectivity index (χ3n) is 4.98. The second-order valence-corrected chi connectivity index (χ2v) is 9.40. The van der Waals surface area contributed by atoms with Gasteiger partial charge >= 0.3 is 0 Å². The number of benzene rings is 2. The van der Waals surface area contributed by atoms with Gasteiger partial charge < -0.3 is 10.2 Å². The van der Waals surface area contributed by atoms with Crippen LogP contribution < -0.4 is 9.62 Å². The number of halogens is 1. The number of rotatable bonds is 8. The van der Waals surface area contributed by atoms with E-state index in [-0.39, 0.29) is 6.54 Å². The maximum Gasteiger partial charge on any atom is 0.244 e. The van der Waals surface area contributed by atoms with Crippen molar-refractivity contribution in [1.82, 2.24) is 10.2 Å². The van der Waals surface area contributed by atoms with Crippen LogP contribution in [0.25, 0.3) is 0 Å². The highest BCUT2D eigenvalue weighted by Crippen LogP contribution is 2.24. The van der Waals surface area contributed by atoms with Gasteiger partial charge in [-0.1, -0.05) is 29.8 Å². The quantitative estimate of drug-likeness (QED) is 0.670. The minimum atomic E-state index is -3.78. The smallest absolute Gasteiger partial charge is 0.244 e. The summed E-state index contributed by atoms with van der Waals surface area (Å²) in [5.41, 5.74) is 2.69. The van der Waals surface area contributed by atoms with E-state index in [4.69, 9.17) is 0 Å². The molecule has 9 heteroatoms. The number of likely N-dealkylation sites (N-methyl/N-ethyl adjacent to an activating group) is 1. The SMILES string of the molecule is CNC(=O)C(C)N(Cc1ccc(F)cc1)C(=O)CN(c1ccc(C)cc1C)S(C)(=O)=O. The highest BCUT2D eigenvalue weighted by atomic mass is 32.2. The van der Waals surface area contributed by atoms with Crippen molar-refractivity contribution in [1.29, 1.82) is 0 Å². The Hall–Kier alpha value is -2.94. The van der Waals surface area contributed by atoms with Crippen LogP contribution in [0.5, 0.6) is 0 Å². The predicted octanol–water partition coefficient (Wildman–Crippen LogP) is 2.37. The van der Waals surface area contributed by atoms with E-state index in [2.05, 4.69) is 5.32 Å². The minimum absolute atomic E-state index is 0.0260. The molecule has 0 heterocycles. The third kappa shape index (κ3) is 6.27. The molecule has 2 rings (SSSR count). The number of carbonyl (C=O) groups is 2. The van der Waals surface area contributed by atoms with Crippen LogP contribution >= 0.6 is 0 Å². The molecule has 1 unspecified atom stereocenters. The summed E-state index contributed by atoms with van der Waals surface area (Å²) in [4.78, 5) is 26.8. The van der Waals surface area contributed by atoms with Crippen molar-refractivity contribution in [3.63, 3.8) is 0 Å². The fourth-order valence-electron chi connectivity index (χ4n) is 3.26. The lowest BCUT2D eigenvalue weighted by atomic mass is 10.1. The van der Waals surface area contributed by atoms with Crippen LogP contribution in [0.3, 0.4) is 0 Å². The minimum Gasteiger partial charge on any atom is -0.357 e. The van der Waals surface area contributed by atoms with E-state index in [1.807, 2.05) is 13.0 Å². The largest absolute Gasteiger partial charge is 0.357 e. The molecule has 0 aromatic heterocycles. The number of nitrogens with one attached hydrogen (secondary N) is 1. The molecule has 2 aromatic carbocycles. The molecule has 31 heavy (non-hydrogen) atoms. The summed E-state index contributed by atoms with van der Waals surface area (Å²) >= 11 is 0. The molecule has 0 fully saturated rings. The summed E-state index contributed by atoms with van der Waals surface area (Å²) in [6, 6.07) is 9.97. The fourth-order valence-corrected chi connectivity index (χ4v) is 4.17. The topological polar surface area (TPSA) is 86.8 Å². The number of hydrogen-bond donors (Lipinski definition) is 1. The van der Waals surface area contributed by atoms with Crippen LogP contribution in [0.2, 0.25) is 0 Å². The number of sulfonamides is 1. The molecule has 1 N–H and O–H groups in total. The van der Waals surface area contributed by atoms with Crippen molar-refractivity contribution in [2.75, 3.05) is 24.2 Å². The predicted molar refractivity (Wildman–Crippen MR) is 119 cm³/mol. The molecule has 0 saturated carbocycles. The average molecular weight is 450 g/mol. The van der Waals surface area contributed by atoms with Crippen molar-refractivity contribution in [2.24, 2.45) is 0 Å². The Morgan fingerprint density at radius 3 is 2.23 bits per heavy atom. The molecule has 168 valence electrons. The molecule has 7 nitrogen and oxygen atoms in total. The molecule has 0 aliphatic heterocycles. The standard InChI is InChI=1S/C22H28FN3O4S/c1-15-6-11-20(16(2)12-15)26(31(5,29)30)14-21(27)25(17(3)22(28)24-4)13-18-7-9-19(23)10-8-18/h6-12,17H,13-14H2,1-5H3,(H,24,28). The Labute approximate surface area is 182 Å². The first-order valence-corrected chi connectivity index (χ1v) is 11.6. The van der Waals surface area contributed by atoms with E-state index < -0.39 is 40.2 Å². The Morgan fingerprint density at radius 2 is 1.71 bits per heavy atom. The summed E-state index contributed by atoms with van der Waals surface area (Å²) in [6.07, 6.45) is 1.03. The summed E-state index contributed by atoms with van der Waals surface area (Å²) < 4.78 is 39.3. The van der Waals surface area contributed by atoms with Crippen LogP contribution in [0.15, 0.2) is 42.5 Å². The lowest BCUT2D eigenvalue weighted by Crippen LogP contribution is -2.50. The summed E-state index contributed by atoms with van der Waals surface area (Å²) in [5, 5.41) is 2.50. The molecule has 2 amide bonds. The Morgan fingerprint density at radius 1 is 1.10 bits per heavy atom. The first-order valence-electron chi connectivity index (χ1n) is 9.74. The zero-order chi connectivity index (χ0) is 23.3. The van der Waals surface area contributed by atoms with E-state index in [1.54, 1.807) is 26.0 Å². The lowest BCUT2D eigenvalue weighted by molar-refractivity contribution is -0.139. The number of carbonyl (C=O) groups excluding carboxylic acids is 2. The second kappa shape index (κ2) is 9.91. The van der Waals surface area contributed by atoms with Gasteiger partial charge in [-0.15, -0.1) is 0 Å². The van der Waals surface area contributed by atoms with Crippen LogP contribution in [0.1, 0.15) is 23.6 Å². The van der Waals surface area contributed by atoms with Crippen molar-refractivity contribution in [3.05, 3.63) is 65.0 Å². The molecule has 0 bridgehead atoms. The molecule has 0 saturated heterocycles. The molecule has 0 aliphatic rings. The third-order valence-corrected chi connectivity index (χ3v) is 6.11. The van der Waals surface area contributed by atoms with E-state index in [1.165, 1.54) is 36.2 Å². The van der Waals surface area contributed by atoms with Crippen LogP contribution in [-0.4, -0.2) is 51.0 Å². The van der Waals surface area contributed by atoms with Gasteiger partial charge in [0.25, 0.3) is 0 Å². The molecule has 0 radical (unpaired) electrons. The highest BCUT2D eigenvalue weighted by Gasteiger charge is 2.30. The van der Waals surface area contributed by atoms with E-state index in [0.29, 0.717) is 16.8 Å². The van der Waals surface area contributed by atoms with Crippen molar-refractivity contribution >= 4 is 27.5 Å². The maximum absolute atomic E-state index is 13.3. The van der Waals surface area contributed by atoms with Gasteiger partial charge in [0.15, 0.2) is 0 Å². The van der Waals surface area contributed by atoms with Crippen molar-refractivity contribution in [2.45, 2.75) is 33.4 Å². The molecular formula is C22H28FN3O4S. The zero-order valence-corrected chi connectivity index (χ0v) is 19.2. The van der Waals surface area contributed by atoms with Crippen molar-refractivity contribution < 1.29 is 22.4 Å². The summed E-state index contributed by atoms with van der Waals surface area (Å²) in [7, 11) is -2.32. The second-order valence-electron chi connectivity index (χ2n) is 7.50. The van der Waals surface area contributed by atoms with Gasteiger partial charge in [-0.2, -0.15) is 0 Å². The molecule has 0 spiro atoms. The Balaban J connectivity index is 2.40. The van der Waals surface area contributed by atoms with Gasteiger partial charge in [-0.3, -0.25) is 13.9 Å². The first kappa shape index (κ1) is 24.3. The average Bonchev–Trinajstić information content (AvgIpc) is 2.70. The monoisotopic (exact) mass is 449 g/mol. The van der Waals surface area contributed by atoms with Gasteiger partial charge in [0.2, 0.25) is 21.8 Å². The highest BCUT2D eigenvalue weighted by molar-refractivity contribution is 7.92. The number of nitrogens with zero attached hydrogens (tertiary/aromatic N) is 2. The number of anilines is 1. The van der Waals surface area contributed by atoms with E-state index in [0.717, 1.165) is 16.1 Å². The van der Waals surface area contributed by atoms with Crippen molar-refractivity contribution in [3.8, 4) is 0 Å². The van der Waals surface area contributed by atoms with Crippen LogP contribution in [0.4, 0.5) is 10.1 Å². The van der Waals surface area contributed by atoms with E-state index in [9.17, 15) is 22.4 Å². The number of aryl methyl sites for hydroxylation is 2. The summed E-state index contributed by atoms with van der Waals surface area (Å²) in [5.74, 6) is -1.36. The maximum atomic E-state index is 13.3. The Bertz CT molecular complexity index is 1050. The summed E-state index contributed by atoms with van der Waals surface area (Å²) in [6.45, 7) is 4.78. The van der Waals surface area contributed by atoms with Crippen LogP contribution in [0, 0.1) is 19.7 Å². The molecule has 0 aliphatic carbocycles. The first-order chi connectivity index (χ1) is 14.4. The number of hydrogen-bond acceptors (Lipinski definition) is 4. The lowest BCUT2D eigenvalue weighted by Gasteiger charge is -2.31. The van der Waals surface area contributed by atoms with Gasteiger partial charge in [0, 0.05) is 13.6 Å². The van der Waals surface area contributed by atoms with Gasteiger partial charge in [0.1, 0.15) is 18.4 Å². The van der Waals surface area contributed by atoms with Gasteiger partial charge in [0.05, 0.1) is 11.9 Å². The Kier molecular flexibility index (Phi) is 7.78. The van der Waals surface area contributed by atoms with E-state index >= 15 is 0 Å².